The lowest BCUT2D eigenvalue weighted by molar-refractivity contribution is -0.660. The van der Waals surface area contributed by atoms with Crippen LogP contribution in [0.5, 0.6) is 0 Å². The van der Waals surface area contributed by atoms with Crippen LogP contribution >= 0.6 is 0 Å². The maximum atomic E-state index is 6.67. The van der Waals surface area contributed by atoms with Crippen molar-refractivity contribution in [1.29, 1.82) is 0 Å². The van der Waals surface area contributed by atoms with Crippen LogP contribution in [0.4, 0.5) is 0 Å². The van der Waals surface area contributed by atoms with Crippen molar-refractivity contribution in [3.8, 4) is 89.5 Å². The molecule has 4 aliphatic rings. The lowest BCUT2D eigenvalue weighted by Crippen LogP contribution is -2.38. The number of fused-ring (bicyclic) bond motifs is 24. The van der Waals surface area contributed by atoms with E-state index in [-0.39, 0.29) is 21.7 Å². The SMILES string of the molecule is CCC1(CC)c2ccccc2-c2cc3c(nc21)oc1c(-c2cc(C)cc[n+]2C)c(C)ccc13.Cc1cc[n+](C)c(-c2c(C)ccc3c2oc2cc4c(cc23)-c2cccnc2C4(C)C)c1.Cc1cc[n+](C)c(-c2c(C)ccc3c2oc2nc4c(cc23)-c2ccccc2C4(C(C)C)C(C)C)c1.Cc1cc[n+](C)c(-c2c(C)ccc3c2oc2nc4c(cc23)-c2ccccc2C4(C)C)c1. The molecule has 0 aliphatic heterocycles. The summed E-state index contributed by atoms with van der Waals surface area (Å²) in [5.74, 6) is 0.812. The first-order chi connectivity index (χ1) is 62.4. The number of benzene rings is 8. The number of nitrogens with zero attached hydrogens (tertiary/aromatic N) is 8. The van der Waals surface area contributed by atoms with Gasteiger partial charge < -0.3 is 17.7 Å². The van der Waals surface area contributed by atoms with Gasteiger partial charge in [-0.3, -0.25) is 4.98 Å². The van der Waals surface area contributed by atoms with Crippen LogP contribution in [0.15, 0.2) is 261 Å². The van der Waals surface area contributed by atoms with Gasteiger partial charge in [0, 0.05) is 142 Å². The van der Waals surface area contributed by atoms with E-state index in [1.54, 1.807) is 0 Å². The molecule has 0 N–H and O–H groups in total. The second kappa shape index (κ2) is 30.4. The molecule has 12 aromatic heterocycles. The van der Waals surface area contributed by atoms with Gasteiger partial charge in [-0.05, 0) is 205 Å². The Morgan fingerprint density at radius 1 is 0.300 bits per heavy atom. The summed E-state index contributed by atoms with van der Waals surface area (Å²) in [6, 6.07) is 77.1. The molecule has 12 heteroatoms. The molecule has 644 valence electrons. The Morgan fingerprint density at radius 3 is 1.07 bits per heavy atom. The largest absolute Gasteiger partial charge is 0.455 e. The molecule has 20 aromatic rings. The predicted molar refractivity (Wildman–Crippen MR) is 528 cm³/mol. The van der Waals surface area contributed by atoms with Gasteiger partial charge in [0.25, 0.3) is 0 Å². The van der Waals surface area contributed by atoms with E-state index in [2.05, 4.69) is 402 Å². The van der Waals surface area contributed by atoms with Crippen molar-refractivity contribution in [2.24, 2.45) is 40.0 Å². The average molecular weight is 1710 g/mol. The highest BCUT2D eigenvalue weighted by Crippen LogP contribution is 2.59. The van der Waals surface area contributed by atoms with Crippen LogP contribution in [0.25, 0.3) is 178 Å². The number of pyridine rings is 8. The van der Waals surface area contributed by atoms with E-state index >= 15 is 0 Å². The van der Waals surface area contributed by atoms with Crippen molar-refractivity contribution in [3.05, 3.63) is 333 Å². The fourth-order valence-corrected chi connectivity index (χ4v) is 23.0. The first-order valence-corrected chi connectivity index (χ1v) is 46.2. The Hall–Kier alpha value is -13.8. The van der Waals surface area contributed by atoms with Gasteiger partial charge in [-0.2, -0.15) is 0 Å². The molecule has 8 aromatic carbocycles. The van der Waals surface area contributed by atoms with Gasteiger partial charge in [0.1, 0.15) is 39.4 Å². The second-order valence-electron chi connectivity index (χ2n) is 39.1. The predicted octanol–water partition coefficient (Wildman–Crippen LogP) is 27.6. The van der Waals surface area contributed by atoms with Gasteiger partial charge in [-0.1, -0.05) is 197 Å². The van der Waals surface area contributed by atoms with Gasteiger partial charge in [0.05, 0.1) is 45.0 Å². The summed E-state index contributed by atoms with van der Waals surface area (Å²) in [7, 11) is 8.37. The molecular formula is C118H112N8O4+4. The highest BCUT2D eigenvalue weighted by atomic mass is 16.4. The number of aryl methyl sites for hydroxylation is 12. The molecule has 0 spiro atoms. The minimum absolute atomic E-state index is 0.0547. The van der Waals surface area contributed by atoms with E-state index < -0.39 is 0 Å². The van der Waals surface area contributed by atoms with Gasteiger partial charge in [-0.15, -0.1) is 0 Å². The highest BCUT2D eigenvalue weighted by molar-refractivity contribution is 6.15. The standard InChI is InChI=1S/C32H33N2O.C30H29N2O.2C28H25N2O/c1-18(2)32(19(3)4)26-11-9-8-10-22(26)24-17-25-23-13-12-21(6)28(27-16-20(5)14-15-34(27)7)29(23)35-31(25)33-30(24)32;1-6-30(7-2)24-11-9-8-10-20(24)22-17-23-21-13-12-19(4)26(25-16-18(3)14-15-32(25)5)27(21)33-29(23)31-28(22)30;1-16-10-12-30(5)23(13-16)25-17(2)8-9-18-21-14-20-19-7-6-11-29-27(19)28(3,4)22(20)15-24(21)31-26(18)25;1-16-12-13-30(5)23(14-16)24-17(2)10-11-19-21-15-20-18-8-6-7-9-22(18)28(3,4)26(20)29-27(21)31-25(19)24/h8-19H,1-7H3;8-17H,6-7H2,1-5H3;2*6-15H,1-5H3/q4*+1. The number of aromatic nitrogens is 8. The maximum absolute atomic E-state index is 6.67. The van der Waals surface area contributed by atoms with Crippen LogP contribution in [0, 0.1) is 67.2 Å². The molecule has 0 unspecified atom stereocenters. The molecule has 0 amide bonds. The van der Waals surface area contributed by atoms with Crippen molar-refractivity contribution in [2.45, 2.75) is 159 Å². The van der Waals surface area contributed by atoms with E-state index in [1.165, 1.54) is 128 Å². The quantitative estimate of drug-likeness (QED) is 0.138. The lowest BCUT2D eigenvalue weighted by Gasteiger charge is -2.39. The zero-order valence-electron chi connectivity index (χ0n) is 78.9. The molecule has 12 nitrogen and oxygen atoms in total. The summed E-state index contributed by atoms with van der Waals surface area (Å²) in [6.45, 7) is 40.0. The third-order valence-corrected chi connectivity index (χ3v) is 29.9. The minimum atomic E-state index is -0.138. The Morgan fingerprint density at radius 2 is 0.638 bits per heavy atom. The Bertz CT molecular complexity index is 7950. The van der Waals surface area contributed by atoms with Crippen LogP contribution in [0.1, 0.15) is 172 Å². The summed E-state index contributed by atoms with van der Waals surface area (Å²) in [5.41, 5.74) is 45.5. The number of rotatable bonds is 8. The van der Waals surface area contributed by atoms with Gasteiger partial charge >= 0.3 is 0 Å². The number of hydrogen-bond donors (Lipinski definition) is 0. The van der Waals surface area contributed by atoms with Crippen molar-refractivity contribution in [1.82, 2.24) is 19.9 Å². The Balaban J connectivity index is 0.000000105. The van der Waals surface area contributed by atoms with Crippen LogP contribution in [-0.4, -0.2) is 19.9 Å². The van der Waals surface area contributed by atoms with Gasteiger partial charge in [0.15, 0.2) is 41.5 Å². The second-order valence-corrected chi connectivity index (χ2v) is 39.1. The fourth-order valence-electron chi connectivity index (χ4n) is 23.0. The monoisotopic (exact) mass is 1700 g/mol. The summed E-state index contributed by atoms with van der Waals surface area (Å²) < 4.78 is 35.0. The molecule has 0 saturated heterocycles. The molecule has 0 atom stereocenters. The van der Waals surface area contributed by atoms with Crippen LogP contribution in [0.2, 0.25) is 0 Å². The van der Waals surface area contributed by atoms with E-state index in [0.717, 1.165) is 152 Å². The molecule has 130 heavy (non-hydrogen) atoms. The smallest absolute Gasteiger partial charge is 0.227 e. The summed E-state index contributed by atoms with van der Waals surface area (Å²) in [5, 5.41) is 8.97. The van der Waals surface area contributed by atoms with Gasteiger partial charge in [-0.25, -0.2) is 33.2 Å². The normalized spacial score (nSPS) is 14.2. The first-order valence-electron chi connectivity index (χ1n) is 46.2. The zero-order valence-corrected chi connectivity index (χ0v) is 78.9. The molecule has 0 fully saturated rings. The summed E-state index contributed by atoms with van der Waals surface area (Å²) in [6.07, 6.45) is 12.4. The topological polar surface area (TPSA) is 120 Å². The van der Waals surface area contributed by atoms with Crippen molar-refractivity contribution in [3.63, 3.8) is 0 Å². The molecule has 12 heterocycles. The Kier molecular flexibility index (Phi) is 19.4. The van der Waals surface area contributed by atoms with Crippen LogP contribution in [-0.2, 0) is 49.9 Å². The van der Waals surface area contributed by atoms with E-state index in [0.29, 0.717) is 11.8 Å². The lowest BCUT2D eigenvalue weighted by atomic mass is 9.64. The zero-order chi connectivity index (χ0) is 90.5. The molecular weight excluding hydrogens is 1590 g/mol. The van der Waals surface area contributed by atoms with Crippen molar-refractivity contribution in [2.75, 3.05) is 0 Å². The third kappa shape index (κ3) is 12.3. The summed E-state index contributed by atoms with van der Waals surface area (Å²) in [4.78, 5) is 20.4. The van der Waals surface area contributed by atoms with Crippen molar-refractivity contribution < 1.29 is 35.9 Å². The minimum Gasteiger partial charge on any atom is -0.455 e. The van der Waals surface area contributed by atoms with E-state index in [9.17, 15) is 0 Å². The highest BCUT2D eigenvalue weighted by Gasteiger charge is 2.50. The fraction of sp³-hybridized carbons (Fsp3) is 0.254. The van der Waals surface area contributed by atoms with Crippen LogP contribution in [0.3, 0.4) is 0 Å². The molecule has 0 bridgehead atoms. The maximum Gasteiger partial charge on any atom is 0.227 e. The Labute approximate surface area is 760 Å². The molecule has 4 aliphatic carbocycles. The number of furan rings is 4. The van der Waals surface area contributed by atoms with Crippen molar-refractivity contribution >= 4 is 88.1 Å². The van der Waals surface area contributed by atoms with E-state index in [4.69, 9.17) is 37.6 Å². The average Bonchev–Trinajstić information content (AvgIpc) is 1.55. The molecule has 0 radical (unpaired) electrons. The molecule has 24 rings (SSSR count). The van der Waals surface area contributed by atoms with Crippen LogP contribution < -0.4 is 18.3 Å². The first kappa shape index (κ1) is 83.1. The third-order valence-electron chi connectivity index (χ3n) is 29.9. The van der Waals surface area contributed by atoms with Gasteiger partial charge in [0.2, 0.25) is 39.9 Å². The molecule has 0 saturated carbocycles. The summed E-state index contributed by atoms with van der Waals surface area (Å²) >= 11 is 0. The van der Waals surface area contributed by atoms with E-state index in [1.807, 2.05) is 12.3 Å². The number of hydrogen-bond acceptors (Lipinski definition) is 8.